The molecular formula is C14H14N2. The summed E-state index contributed by atoms with van der Waals surface area (Å²) >= 11 is 0. The summed E-state index contributed by atoms with van der Waals surface area (Å²) in [6.07, 6.45) is 2.08. The van der Waals surface area contributed by atoms with E-state index in [1.54, 1.807) is 0 Å². The van der Waals surface area contributed by atoms with E-state index in [1.165, 1.54) is 22.2 Å². The van der Waals surface area contributed by atoms with Gasteiger partial charge < -0.3 is 0 Å². The van der Waals surface area contributed by atoms with Crippen molar-refractivity contribution in [3.8, 4) is 0 Å². The summed E-state index contributed by atoms with van der Waals surface area (Å²) in [5.74, 6) is 0. The number of benzene rings is 1. The lowest BCUT2D eigenvalue weighted by Crippen LogP contribution is -1.86. The van der Waals surface area contributed by atoms with Crippen LogP contribution in [0.25, 0.3) is 16.7 Å². The third-order valence-corrected chi connectivity index (χ3v) is 3.06. The summed E-state index contributed by atoms with van der Waals surface area (Å²) in [5, 5.41) is 0. The molecule has 0 amide bonds. The Morgan fingerprint density at radius 2 is 1.88 bits per heavy atom. The zero-order chi connectivity index (χ0) is 11.3. The molecule has 16 heavy (non-hydrogen) atoms. The van der Waals surface area contributed by atoms with Crippen molar-refractivity contribution in [2.75, 3.05) is 0 Å². The lowest BCUT2D eigenvalue weighted by Gasteiger charge is -1.99. The summed E-state index contributed by atoms with van der Waals surface area (Å²) < 4.78 is 2.17. The molecule has 2 nitrogen and oxygen atoms in total. The predicted octanol–water partition coefficient (Wildman–Crippen LogP) is 3.41. The fourth-order valence-electron chi connectivity index (χ4n) is 2.32. The van der Waals surface area contributed by atoms with Gasteiger partial charge in [-0.3, -0.25) is 4.40 Å². The topological polar surface area (TPSA) is 17.3 Å². The van der Waals surface area contributed by atoms with Crippen LogP contribution in [0.1, 0.15) is 16.7 Å². The maximum Gasteiger partial charge on any atom is 0.140 e. The number of rotatable bonds is 0. The predicted molar refractivity (Wildman–Crippen MR) is 66.9 cm³/mol. The molecular weight excluding hydrogens is 196 g/mol. The molecule has 0 fully saturated rings. The molecule has 0 N–H and O–H groups in total. The smallest absolute Gasteiger partial charge is 0.140 e. The Hall–Kier alpha value is -1.83. The van der Waals surface area contributed by atoms with Gasteiger partial charge in [0.1, 0.15) is 5.65 Å². The number of aromatic nitrogens is 2. The Kier molecular flexibility index (Phi) is 1.81. The highest BCUT2D eigenvalue weighted by molar-refractivity contribution is 5.84. The standard InChI is InChI=1S/C14H14N2/c1-9-7-11(3)13-12(8-9)16-6-4-5-10(2)14(16)15-13/h4-8H,1-3H3. The normalized spacial score (nSPS) is 11.4. The molecule has 1 aromatic carbocycles. The number of hydrogen-bond acceptors (Lipinski definition) is 1. The van der Waals surface area contributed by atoms with E-state index in [9.17, 15) is 0 Å². The van der Waals surface area contributed by atoms with Crippen molar-refractivity contribution in [3.63, 3.8) is 0 Å². The molecule has 0 aliphatic rings. The van der Waals surface area contributed by atoms with E-state index >= 15 is 0 Å². The van der Waals surface area contributed by atoms with Gasteiger partial charge in [-0.25, -0.2) is 4.98 Å². The van der Waals surface area contributed by atoms with E-state index in [1.807, 2.05) is 0 Å². The molecule has 0 radical (unpaired) electrons. The van der Waals surface area contributed by atoms with Gasteiger partial charge in [0.05, 0.1) is 11.0 Å². The largest absolute Gasteiger partial charge is 0.299 e. The first-order valence-corrected chi connectivity index (χ1v) is 5.51. The van der Waals surface area contributed by atoms with Crippen LogP contribution in [0, 0.1) is 20.8 Å². The Morgan fingerprint density at radius 3 is 2.69 bits per heavy atom. The van der Waals surface area contributed by atoms with Gasteiger partial charge in [-0.2, -0.15) is 0 Å². The van der Waals surface area contributed by atoms with Gasteiger partial charge in [0.2, 0.25) is 0 Å². The van der Waals surface area contributed by atoms with E-state index in [2.05, 4.69) is 55.6 Å². The van der Waals surface area contributed by atoms with Crippen LogP contribution in [0.15, 0.2) is 30.5 Å². The van der Waals surface area contributed by atoms with Crippen LogP contribution >= 0.6 is 0 Å². The molecule has 3 rings (SSSR count). The summed E-state index contributed by atoms with van der Waals surface area (Å²) in [6, 6.07) is 8.55. The van der Waals surface area contributed by atoms with Crippen LogP contribution in [-0.2, 0) is 0 Å². The van der Waals surface area contributed by atoms with Gasteiger partial charge in [-0.05, 0) is 49.6 Å². The van der Waals surface area contributed by atoms with Crippen molar-refractivity contribution in [3.05, 3.63) is 47.2 Å². The van der Waals surface area contributed by atoms with Gasteiger partial charge in [0, 0.05) is 6.20 Å². The Balaban J connectivity index is 2.61. The van der Waals surface area contributed by atoms with Crippen LogP contribution in [0.3, 0.4) is 0 Å². The molecule has 0 aliphatic heterocycles. The van der Waals surface area contributed by atoms with E-state index in [0.717, 1.165) is 11.2 Å². The van der Waals surface area contributed by atoms with Crippen LogP contribution < -0.4 is 0 Å². The molecule has 0 aliphatic carbocycles. The van der Waals surface area contributed by atoms with Crippen molar-refractivity contribution < 1.29 is 0 Å². The quantitative estimate of drug-likeness (QED) is 0.555. The van der Waals surface area contributed by atoms with Gasteiger partial charge in [0.15, 0.2) is 0 Å². The molecule has 2 heteroatoms. The van der Waals surface area contributed by atoms with E-state index in [0.29, 0.717) is 0 Å². The van der Waals surface area contributed by atoms with E-state index < -0.39 is 0 Å². The zero-order valence-electron chi connectivity index (χ0n) is 9.78. The van der Waals surface area contributed by atoms with Crippen LogP contribution in [0.5, 0.6) is 0 Å². The monoisotopic (exact) mass is 210 g/mol. The molecule has 2 heterocycles. The second-order valence-corrected chi connectivity index (χ2v) is 4.45. The highest BCUT2D eigenvalue weighted by Gasteiger charge is 2.08. The third-order valence-electron chi connectivity index (χ3n) is 3.06. The lowest BCUT2D eigenvalue weighted by molar-refractivity contribution is 1.20. The fraction of sp³-hybridized carbons (Fsp3) is 0.214. The summed E-state index contributed by atoms with van der Waals surface area (Å²) in [7, 11) is 0. The molecule has 0 saturated heterocycles. The number of imidazole rings is 1. The molecule has 80 valence electrons. The maximum absolute atomic E-state index is 4.72. The molecule has 0 unspecified atom stereocenters. The Labute approximate surface area is 94.5 Å². The Bertz CT molecular complexity index is 693. The first kappa shape index (κ1) is 9.40. The summed E-state index contributed by atoms with van der Waals surface area (Å²) in [6.45, 7) is 6.35. The number of nitrogens with zero attached hydrogens (tertiary/aromatic N) is 2. The van der Waals surface area contributed by atoms with E-state index in [4.69, 9.17) is 4.98 Å². The first-order valence-electron chi connectivity index (χ1n) is 5.51. The average Bonchev–Trinajstić information content (AvgIpc) is 2.59. The second kappa shape index (κ2) is 3.08. The summed E-state index contributed by atoms with van der Waals surface area (Å²) in [4.78, 5) is 4.72. The number of aryl methyl sites for hydroxylation is 3. The fourth-order valence-corrected chi connectivity index (χ4v) is 2.32. The van der Waals surface area contributed by atoms with Crippen LogP contribution in [0.4, 0.5) is 0 Å². The van der Waals surface area contributed by atoms with Gasteiger partial charge >= 0.3 is 0 Å². The zero-order valence-corrected chi connectivity index (χ0v) is 9.78. The van der Waals surface area contributed by atoms with Crippen molar-refractivity contribution in [2.24, 2.45) is 0 Å². The SMILES string of the molecule is Cc1cc(C)c2nc3c(C)cccn3c2c1. The molecule has 2 aromatic heterocycles. The molecule has 3 aromatic rings. The molecule has 0 spiro atoms. The van der Waals surface area contributed by atoms with Crippen molar-refractivity contribution in [1.82, 2.24) is 9.38 Å². The molecule has 0 atom stereocenters. The molecule has 0 bridgehead atoms. The minimum Gasteiger partial charge on any atom is -0.299 e. The minimum atomic E-state index is 1.06. The highest BCUT2D eigenvalue weighted by atomic mass is 15.0. The van der Waals surface area contributed by atoms with Crippen LogP contribution in [0.2, 0.25) is 0 Å². The van der Waals surface area contributed by atoms with E-state index in [-0.39, 0.29) is 0 Å². The lowest BCUT2D eigenvalue weighted by atomic mass is 10.1. The van der Waals surface area contributed by atoms with Crippen LogP contribution in [-0.4, -0.2) is 9.38 Å². The number of pyridine rings is 1. The van der Waals surface area contributed by atoms with Gasteiger partial charge in [0.25, 0.3) is 0 Å². The van der Waals surface area contributed by atoms with Crippen molar-refractivity contribution >= 4 is 16.7 Å². The minimum absolute atomic E-state index is 1.06. The molecule has 0 saturated carbocycles. The summed E-state index contributed by atoms with van der Waals surface area (Å²) in [5.41, 5.74) is 7.13. The third kappa shape index (κ3) is 1.16. The van der Waals surface area contributed by atoms with Gasteiger partial charge in [-0.1, -0.05) is 12.1 Å². The first-order chi connectivity index (χ1) is 7.66. The van der Waals surface area contributed by atoms with Gasteiger partial charge in [-0.15, -0.1) is 0 Å². The average molecular weight is 210 g/mol. The van der Waals surface area contributed by atoms with Crippen molar-refractivity contribution in [1.29, 1.82) is 0 Å². The van der Waals surface area contributed by atoms with Crippen molar-refractivity contribution in [2.45, 2.75) is 20.8 Å². The second-order valence-electron chi connectivity index (χ2n) is 4.45. The Morgan fingerprint density at radius 1 is 1.06 bits per heavy atom. The maximum atomic E-state index is 4.72. The number of fused-ring (bicyclic) bond motifs is 3. The highest BCUT2D eigenvalue weighted by Crippen LogP contribution is 2.23. The number of hydrogen-bond donors (Lipinski definition) is 0.